The Bertz CT molecular complexity index is 423. The molecule has 4 nitrogen and oxygen atoms in total. The maximum Gasteiger partial charge on any atom is 0.155 e. The van der Waals surface area contributed by atoms with Crippen LogP contribution in [0.4, 0.5) is 0 Å². The van der Waals surface area contributed by atoms with Gasteiger partial charge in [-0.2, -0.15) is 0 Å². The van der Waals surface area contributed by atoms with Gasteiger partial charge in [0.25, 0.3) is 0 Å². The fourth-order valence-electron chi connectivity index (χ4n) is 1.19. The van der Waals surface area contributed by atoms with Crippen molar-refractivity contribution in [3.05, 3.63) is 29.4 Å². The Hall–Kier alpha value is -1.13. The van der Waals surface area contributed by atoms with Crippen molar-refractivity contribution in [2.75, 3.05) is 7.05 Å². The van der Waals surface area contributed by atoms with Crippen LogP contribution in [-0.2, 0) is 6.54 Å². The van der Waals surface area contributed by atoms with Crippen LogP contribution >= 0.6 is 11.6 Å². The molecule has 0 aromatic carbocycles. The monoisotopic (exact) mass is 196 g/mol. The van der Waals surface area contributed by atoms with Gasteiger partial charge in [-0.3, -0.25) is 0 Å². The lowest BCUT2D eigenvalue weighted by atomic mass is 10.5. The highest BCUT2D eigenvalue weighted by Crippen LogP contribution is 2.08. The number of hydrogen-bond donors (Lipinski definition) is 1. The SMILES string of the molecule is CNCc1cn2cc(Cl)ncc2n1. The summed E-state index contributed by atoms with van der Waals surface area (Å²) < 4.78 is 1.86. The summed E-state index contributed by atoms with van der Waals surface area (Å²) in [5.41, 5.74) is 1.79. The summed E-state index contributed by atoms with van der Waals surface area (Å²) in [4.78, 5) is 8.27. The Morgan fingerprint density at radius 1 is 1.54 bits per heavy atom. The van der Waals surface area contributed by atoms with Crippen LogP contribution < -0.4 is 5.32 Å². The summed E-state index contributed by atoms with van der Waals surface area (Å²) in [7, 11) is 1.88. The van der Waals surface area contributed by atoms with Crippen LogP contribution in [0.3, 0.4) is 0 Å². The Kier molecular flexibility index (Phi) is 2.16. The molecule has 13 heavy (non-hydrogen) atoms. The first-order chi connectivity index (χ1) is 6.29. The lowest BCUT2D eigenvalue weighted by molar-refractivity contribution is 0.798. The number of imidazole rings is 1. The second-order valence-corrected chi connectivity index (χ2v) is 3.13. The molecule has 0 unspecified atom stereocenters. The summed E-state index contributed by atoms with van der Waals surface area (Å²) in [5, 5.41) is 3.50. The molecule has 0 aliphatic heterocycles. The standard InChI is InChI=1S/C8H9ClN4/c1-10-2-6-4-13-5-7(9)11-3-8(13)12-6/h3-5,10H,2H2,1H3. The minimum atomic E-state index is 0.473. The minimum Gasteiger partial charge on any atom is -0.314 e. The van der Waals surface area contributed by atoms with Gasteiger partial charge in [0.2, 0.25) is 0 Å². The van der Waals surface area contributed by atoms with Gasteiger partial charge in [0, 0.05) is 18.9 Å². The molecular weight excluding hydrogens is 188 g/mol. The zero-order valence-electron chi connectivity index (χ0n) is 7.16. The zero-order chi connectivity index (χ0) is 9.26. The van der Waals surface area contributed by atoms with Crippen molar-refractivity contribution < 1.29 is 0 Å². The van der Waals surface area contributed by atoms with Gasteiger partial charge in [-0.05, 0) is 7.05 Å². The molecule has 2 heterocycles. The fraction of sp³-hybridized carbons (Fsp3) is 0.250. The van der Waals surface area contributed by atoms with E-state index in [9.17, 15) is 0 Å². The van der Waals surface area contributed by atoms with Crippen molar-refractivity contribution in [3.63, 3.8) is 0 Å². The lowest BCUT2D eigenvalue weighted by Gasteiger charge is -1.90. The van der Waals surface area contributed by atoms with Gasteiger partial charge in [-0.25, -0.2) is 9.97 Å². The molecule has 1 N–H and O–H groups in total. The molecule has 68 valence electrons. The average molecular weight is 197 g/mol. The van der Waals surface area contributed by atoms with E-state index in [0.717, 1.165) is 17.9 Å². The van der Waals surface area contributed by atoms with Crippen LogP contribution in [0.1, 0.15) is 5.69 Å². The second-order valence-electron chi connectivity index (χ2n) is 2.74. The normalized spacial score (nSPS) is 10.9. The van der Waals surface area contributed by atoms with Crippen LogP contribution in [0.15, 0.2) is 18.6 Å². The largest absolute Gasteiger partial charge is 0.314 e. The highest BCUT2D eigenvalue weighted by atomic mass is 35.5. The number of rotatable bonds is 2. The number of nitrogens with one attached hydrogen (secondary N) is 1. The van der Waals surface area contributed by atoms with E-state index >= 15 is 0 Å². The molecule has 0 bridgehead atoms. The predicted octanol–water partition coefficient (Wildman–Crippen LogP) is 1.10. The number of hydrogen-bond acceptors (Lipinski definition) is 3. The van der Waals surface area contributed by atoms with Crippen LogP contribution in [0.2, 0.25) is 5.15 Å². The van der Waals surface area contributed by atoms with Crippen molar-refractivity contribution in [1.29, 1.82) is 0 Å². The van der Waals surface area contributed by atoms with Crippen LogP contribution in [0.5, 0.6) is 0 Å². The van der Waals surface area contributed by atoms with E-state index in [1.807, 2.05) is 17.6 Å². The lowest BCUT2D eigenvalue weighted by Crippen LogP contribution is -2.04. The predicted molar refractivity (Wildman–Crippen MR) is 50.8 cm³/mol. The van der Waals surface area contributed by atoms with Crippen molar-refractivity contribution in [2.45, 2.75) is 6.54 Å². The van der Waals surface area contributed by atoms with Crippen LogP contribution in [0.25, 0.3) is 5.65 Å². The fourth-order valence-corrected chi connectivity index (χ4v) is 1.35. The van der Waals surface area contributed by atoms with Gasteiger partial charge in [0.15, 0.2) is 5.65 Å². The van der Waals surface area contributed by atoms with Gasteiger partial charge in [0.1, 0.15) is 5.15 Å². The first kappa shape index (κ1) is 8.47. The maximum atomic E-state index is 5.73. The highest BCUT2D eigenvalue weighted by molar-refractivity contribution is 6.29. The second kappa shape index (κ2) is 3.32. The molecular formula is C8H9ClN4. The van der Waals surface area contributed by atoms with E-state index in [0.29, 0.717) is 5.15 Å². The summed E-state index contributed by atoms with van der Waals surface area (Å²) >= 11 is 5.73. The highest BCUT2D eigenvalue weighted by Gasteiger charge is 2.00. The number of halogens is 1. The molecule has 0 saturated carbocycles. The van der Waals surface area contributed by atoms with Crippen LogP contribution in [-0.4, -0.2) is 21.4 Å². The van der Waals surface area contributed by atoms with E-state index < -0.39 is 0 Å². The van der Waals surface area contributed by atoms with E-state index in [1.54, 1.807) is 12.4 Å². The van der Waals surface area contributed by atoms with Crippen molar-refractivity contribution >= 4 is 17.2 Å². The molecule has 0 atom stereocenters. The number of nitrogens with zero attached hydrogens (tertiary/aromatic N) is 3. The molecule has 2 aromatic rings. The minimum absolute atomic E-state index is 0.473. The Labute approximate surface area is 80.6 Å². The van der Waals surface area contributed by atoms with Crippen molar-refractivity contribution in [2.24, 2.45) is 0 Å². The number of aromatic nitrogens is 3. The van der Waals surface area contributed by atoms with Gasteiger partial charge >= 0.3 is 0 Å². The van der Waals surface area contributed by atoms with Crippen molar-refractivity contribution in [3.8, 4) is 0 Å². The zero-order valence-corrected chi connectivity index (χ0v) is 7.91. The Balaban J connectivity index is 2.49. The Morgan fingerprint density at radius 2 is 2.38 bits per heavy atom. The average Bonchev–Trinajstić information content (AvgIpc) is 2.46. The van der Waals surface area contributed by atoms with Gasteiger partial charge in [-0.15, -0.1) is 0 Å². The maximum absolute atomic E-state index is 5.73. The van der Waals surface area contributed by atoms with Gasteiger partial charge in [-0.1, -0.05) is 11.6 Å². The molecule has 2 aromatic heterocycles. The third kappa shape index (κ3) is 1.64. The van der Waals surface area contributed by atoms with E-state index in [2.05, 4.69) is 15.3 Å². The summed E-state index contributed by atoms with van der Waals surface area (Å²) in [5.74, 6) is 0. The molecule has 0 fully saturated rings. The van der Waals surface area contributed by atoms with Crippen LogP contribution in [0, 0.1) is 0 Å². The van der Waals surface area contributed by atoms with Gasteiger partial charge in [0.05, 0.1) is 11.9 Å². The third-order valence-corrected chi connectivity index (χ3v) is 1.91. The summed E-state index contributed by atoms with van der Waals surface area (Å²) in [6, 6.07) is 0. The molecule has 0 radical (unpaired) electrons. The smallest absolute Gasteiger partial charge is 0.155 e. The van der Waals surface area contributed by atoms with E-state index in [1.165, 1.54) is 0 Å². The third-order valence-electron chi connectivity index (χ3n) is 1.72. The first-order valence-electron chi connectivity index (χ1n) is 3.93. The molecule has 0 aliphatic carbocycles. The molecule has 0 aliphatic rings. The van der Waals surface area contributed by atoms with E-state index in [-0.39, 0.29) is 0 Å². The molecule has 0 amide bonds. The molecule has 5 heteroatoms. The van der Waals surface area contributed by atoms with Gasteiger partial charge < -0.3 is 9.72 Å². The van der Waals surface area contributed by atoms with E-state index in [4.69, 9.17) is 11.6 Å². The topological polar surface area (TPSA) is 42.2 Å². The molecule has 0 saturated heterocycles. The quantitative estimate of drug-likeness (QED) is 0.782. The Morgan fingerprint density at radius 3 is 3.15 bits per heavy atom. The molecule has 0 spiro atoms. The summed E-state index contributed by atoms with van der Waals surface area (Å²) in [6.45, 7) is 0.749. The summed E-state index contributed by atoms with van der Waals surface area (Å²) in [6.07, 6.45) is 5.32. The van der Waals surface area contributed by atoms with Crippen molar-refractivity contribution in [1.82, 2.24) is 19.7 Å². The number of fused-ring (bicyclic) bond motifs is 1. The molecule has 2 rings (SSSR count). The first-order valence-corrected chi connectivity index (χ1v) is 4.31.